The maximum absolute atomic E-state index is 10.8. The second kappa shape index (κ2) is 11.9. The van der Waals surface area contributed by atoms with E-state index < -0.39 is 12.2 Å². The second-order valence-corrected chi connectivity index (χ2v) is 6.16. The molecule has 4 nitrogen and oxygen atoms in total. The van der Waals surface area contributed by atoms with E-state index in [9.17, 15) is 9.90 Å². The number of anilines is 1. The Morgan fingerprint density at radius 1 is 0.957 bits per heavy atom. The zero-order valence-electron chi connectivity index (χ0n) is 14.3. The number of aliphatic hydroxyl groups is 1. The number of unbranched alkanes of at least 4 members (excludes halogenated alkanes) is 8. The molecule has 1 aromatic rings. The number of carboxylic acids is 1. The van der Waals surface area contributed by atoms with Gasteiger partial charge in [0.2, 0.25) is 0 Å². The van der Waals surface area contributed by atoms with E-state index in [0.717, 1.165) is 24.9 Å². The third-order valence-electron chi connectivity index (χ3n) is 4.05. The standard InChI is InChI=1S/C19H31NO3/c1-2-3-4-5-6-7-8-9-10-11-18(21)20-17-14-12-16(13-15-17)19(22)23/h12-15,18,20-21H,2-11H2,1H3,(H,22,23). The molecule has 1 unspecified atom stereocenters. The zero-order valence-corrected chi connectivity index (χ0v) is 14.3. The first kappa shape index (κ1) is 19.5. The summed E-state index contributed by atoms with van der Waals surface area (Å²) in [4.78, 5) is 10.8. The van der Waals surface area contributed by atoms with E-state index in [0.29, 0.717) is 0 Å². The van der Waals surface area contributed by atoms with Crippen molar-refractivity contribution >= 4 is 11.7 Å². The summed E-state index contributed by atoms with van der Waals surface area (Å²) < 4.78 is 0. The molecule has 0 bridgehead atoms. The van der Waals surface area contributed by atoms with Gasteiger partial charge in [-0.1, -0.05) is 58.3 Å². The molecule has 0 radical (unpaired) electrons. The lowest BCUT2D eigenvalue weighted by molar-refractivity contribution is 0.0697. The average molecular weight is 321 g/mol. The van der Waals surface area contributed by atoms with Crippen molar-refractivity contribution in [1.82, 2.24) is 0 Å². The molecule has 0 aromatic heterocycles. The molecule has 23 heavy (non-hydrogen) atoms. The van der Waals surface area contributed by atoms with E-state index in [-0.39, 0.29) is 5.56 Å². The first-order chi connectivity index (χ1) is 11.1. The molecule has 0 aliphatic rings. The second-order valence-electron chi connectivity index (χ2n) is 6.16. The van der Waals surface area contributed by atoms with Gasteiger partial charge in [-0.05, 0) is 37.1 Å². The van der Waals surface area contributed by atoms with Crippen molar-refractivity contribution in [1.29, 1.82) is 0 Å². The summed E-state index contributed by atoms with van der Waals surface area (Å²) in [5.74, 6) is -0.938. The van der Waals surface area contributed by atoms with Crippen LogP contribution in [0.5, 0.6) is 0 Å². The number of carboxylic acid groups (broad SMARTS) is 1. The maximum Gasteiger partial charge on any atom is 0.335 e. The number of aliphatic hydroxyl groups excluding tert-OH is 1. The molecule has 0 aliphatic heterocycles. The number of benzene rings is 1. The van der Waals surface area contributed by atoms with Crippen LogP contribution in [-0.2, 0) is 0 Å². The number of hydrogen-bond acceptors (Lipinski definition) is 3. The van der Waals surface area contributed by atoms with Crippen molar-refractivity contribution in [3.05, 3.63) is 29.8 Å². The molecule has 3 N–H and O–H groups in total. The fourth-order valence-electron chi connectivity index (χ4n) is 2.62. The summed E-state index contributed by atoms with van der Waals surface area (Å²) >= 11 is 0. The van der Waals surface area contributed by atoms with Gasteiger partial charge in [0.05, 0.1) is 5.56 Å². The Kier molecular flexibility index (Phi) is 10.1. The van der Waals surface area contributed by atoms with Crippen molar-refractivity contribution in [3.8, 4) is 0 Å². The van der Waals surface area contributed by atoms with Crippen LogP contribution in [0.15, 0.2) is 24.3 Å². The number of carbonyl (C=O) groups is 1. The van der Waals surface area contributed by atoms with E-state index in [4.69, 9.17) is 5.11 Å². The molecule has 1 atom stereocenters. The van der Waals surface area contributed by atoms with E-state index in [2.05, 4.69) is 12.2 Å². The highest BCUT2D eigenvalue weighted by Gasteiger charge is 2.05. The molecular weight excluding hydrogens is 290 g/mol. The summed E-state index contributed by atoms with van der Waals surface area (Å²) in [6.45, 7) is 2.24. The van der Waals surface area contributed by atoms with E-state index in [1.54, 1.807) is 12.1 Å². The molecular formula is C19H31NO3. The predicted octanol–water partition coefficient (Wildman–Crippen LogP) is 5.04. The summed E-state index contributed by atoms with van der Waals surface area (Å²) in [5.41, 5.74) is 1.00. The first-order valence-corrected chi connectivity index (χ1v) is 8.91. The Labute approximate surface area is 139 Å². The Bertz CT molecular complexity index is 431. The first-order valence-electron chi connectivity index (χ1n) is 8.91. The van der Waals surface area contributed by atoms with E-state index in [1.165, 1.54) is 57.1 Å². The van der Waals surface area contributed by atoms with Crippen LogP contribution in [0.1, 0.15) is 81.5 Å². The summed E-state index contributed by atoms with van der Waals surface area (Å²) in [7, 11) is 0. The van der Waals surface area contributed by atoms with Crippen molar-refractivity contribution in [3.63, 3.8) is 0 Å². The van der Waals surface area contributed by atoms with Crippen LogP contribution in [-0.4, -0.2) is 22.4 Å². The van der Waals surface area contributed by atoms with Gasteiger partial charge in [-0.3, -0.25) is 0 Å². The molecule has 0 fully saturated rings. The molecule has 1 rings (SSSR count). The Hall–Kier alpha value is -1.55. The predicted molar refractivity (Wildman–Crippen MR) is 94.9 cm³/mol. The molecule has 4 heteroatoms. The van der Waals surface area contributed by atoms with Crippen LogP contribution in [0, 0.1) is 0 Å². The average Bonchev–Trinajstić information content (AvgIpc) is 2.54. The number of nitrogens with one attached hydrogen (secondary N) is 1. The van der Waals surface area contributed by atoms with Gasteiger partial charge >= 0.3 is 5.97 Å². The lowest BCUT2D eigenvalue weighted by Gasteiger charge is -2.14. The molecule has 0 saturated heterocycles. The highest BCUT2D eigenvalue weighted by molar-refractivity contribution is 5.87. The lowest BCUT2D eigenvalue weighted by atomic mass is 10.1. The van der Waals surface area contributed by atoms with E-state index in [1.807, 2.05) is 0 Å². The van der Waals surface area contributed by atoms with Gasteiger partial charge in [0.1, 0.15) is 6.23 Å². The highest BCUT2D eigenvalue weighted by Crippen LogP contribution is 2.14. The third kappa shape index (κ3) is 9.24. The zero-order chi connectivity index (χ0) is 16.9. The molecule has 0 amide bonds. The normalized spacial score (nSPS) is 12.1. The summed E-state index contributed by atoms with van der Waals surface area (Å²) in [6.07, 6.45) is 11.5. The van der Waals surface area contributed by atoms with Crippen molar-refractivity contribution < 1.29 is 15.0 Å². The molecule has 0 aliphatic carbocycles. The van der Waals surface area contributed by atoms with Crippen LogP contribution in [0.2, 0.25) is 0 Å². The fraction of sp³-hybridized carbons (Fsp3) is 0.632. The van der Waals surface area contributed by atoms with Gasteiger partial charge < -0.3 is 15.5 Å². The van der Waals surface area contributed by atoms with Gasteiger partial charge in [-0.25, -0.2) is 4.79 Å². The molecule has 130 valence electrons. The molecule has 0 heterocycles. The minimum atomic E-state index is -0.938. The Balaban J connectivity index is 2.06. The smallest absolute Gasteiger partial charge is 0.335 e. The third-order valence-corrected chi connectivity index (χ3v) is 4.05. The SMILES string of the molecule is CCCCCCCCCCCC(O)Nc1ccc(C(=O)O)cc1. The molecule has 0 saturated carbocycles. The molecule has 1 aromatic carbocycles. The Morgan fingerprint density at radius 2 is 1.48 bits per heavy atom. The van der Waals surface area contributed by atoms with Crippen LogP contribution in [0.3, 0.4) is 0 Å². The number of rotatable bonds is 13. The van der Waals surface area contributed by atoms with Gasteiger partial charge in [0, 0.05) is 5.69 Å². The van der Waals surface area contributed by atoms with Crippen molar-refractivity contribution in [2.24, 2.45) is 0 Å². The van der Waals surface area contributed by atoms with Gasteiger partial charge in [0.25, 0.3) is 0 Å². The quantitative estimate of drug-likeness (QED) is 0.352. The number of hydrogen-bond donors (Lipinski definition) is 3. The Morgan fingerprint density at radius 3 is 2.00 bits per heavy atom. The minimum Gasteiger partial charge on any atom is -0.478 e. The van der Waals surface area contributed by atoms with Crippen molar-refractivity contribution in [2.45, 2.75) is 77.4 Å². The fourth-order valence-corrected chi connectivity index (χ4v) is 2.62. The topological polar surface area (TPSA) is 69.6 Å². The van der Waals surface area contributed by atoms with Crippen LogP contribution in [0.4, 0.5) is 5.69 Å². The van der Waals surface area contributed by atoms with Gasteiger partial charge in [0.15, 0.2) is 0 Å². The van der Waals surface area contributed by atoms with Gasteiger partial charge in [-0.15, -0.1) is 0 Å². The minimum absolute atomic E-state index is 0.254. The summed E-state index contributed by atoms with van der Waals surface area (Å²) in [5, 5.41) is 21.8. The number of aromatic carboxylic acids is 1. The van der Waals surface area contributed by atoms with Crippen LogP contribution >= 0.6 is 0 Å². The largest absolute Gasteiger partial charge is 0.478 e. The van der Waals surface area contributed by atoms with Crippen LogP contribution < -0.4 is 5.32 Å². The van der Waals surface area contributed by atoms with E-state index >= 15 is 0 Å². The highest BCUT2D eigenvalue weighted by atomic mass is 16.4. The molecule has 0 spiro atoms. The summed E-state index contributed by atoms with van der Waals surface area (Å²) in [6, 6.07) is 6.44. The maximum atomic E-state index is 10.8. The van der Waals surface area contributed by atoms with Crippen molar-refractivity contribution in [2.75, 3.05) is 5.32 Å². The monoisotopic (exact) mass is 321 g/mol. The lowest BCUT2D eigenvalue weighted by Crippen LogP contribution is -2.18. The van der Waals surface area contributed by atoms with Gasteiger partial charge in [-0.2, -0.15) is 0 Å². The van der Waals surface area contributed by atoms with Crippen LogP contribution in [0.25, 0.3) is 0 Å².